The van der Waals surface area contributed by atoms with Crippen LogP contribution in [0.3, 0.4) is 0 Å². The lowest BCUT2D eigenvalue weighted by Gasteiger charge is -2.49. The van der Waals surface area contributed by atoms with Crippen LogP contribution in [0.2, 0.25) is 0 Å². The van der Waals surface area contributed by atoms with Crippen LogP contribution in [0.15, 0.2) is 12.1 Å². The SMILES string of the molecule is COC12CCC3(OC4CCC(O)C(C)O4)C(=O)c4cc5cc(O)c6c(c5c(O)c4C(=O)C13OC(=O)C2)CN(C)C6=O. The van der Waals surface area contributed by atoms with Crippen molar-refractivity contribution >= 4 is 34.2 Å². The van der Waals surface area contributed by atoms with Gasteiger partial charge < -0.3 is 39.2 Å². The number of hydrogen-bond acceptors (Lipinski definition) is 11. The second-order valence-corrected chi connectivity index (χ2v) is 11.7. The molecule has 3 N–H and O–H groups in total. The summed E-state index contributed by atoms with van der Waals surface area (Å²) in [5.41, 5.74) is -6.05. The molecule has 41 heavy (non-hydrogen) atoms. The molecule has 1 amide bonds. The number of carbonyl (C=O) groups excluding carboxylic acids is 4. The van der Waals surface area contributed by atoms with Crippen LogP contribution < -0.4 is 0 Å². The van der Waals surface area contributed by atoms with Gasteiger partial charge in [0.05, 0.1) is 29.8 Å². The summed E-state index contributed by atoms with van der Waals surface area (Å²) in [5, 5.41) is 32.9. The van der Waals surface area contributed by atoms with Crippen molar-refractivity contribution in [2.24, 2.45) is 0 Å². The third kappa shape index (κ3) is 2.98. The molecule has 5 aliphatic rings. The van der Waals surface area contributed by atoms with Gasteiger partial charge in [0.2, 0.25) is 11.4 Å². The Kier molecular flexibility index (Phi) is 5.30. The van der Waals surface area contributed by atoms with Crippen LogP contribution in [0.25, 0.3) is 10.8 Å². The number of methoxy groups -OCH3 is 1. The van der Waals surface area contributed by atoms with Gasteiger partial charge >= 0.3 is 5.97 Å². The van der Waals surface area contributed by atoms with E-state index in [0.717, 1.165) is 0 Å². The molecule has 0 aromatic heterocycles. The zero-order valence-electron chi connectivity index (χ0n) is 22.7. The monoisotopic (exact) mass is 567 g/mol. The number of phenolic OH excluding ortho intramolecular Hbond substituents is 2. The largest absolute Gasteiger partial charge is 0.507 e. The van der Waals surface area contributed by atoms with E-state index in [-0.39, 0.29) is 65.4 Å². The zero-order valence-corrected chi connectivity index (χ0v) is 22.7. The van der Waals surface area contributed by atoms with Gasteiger partial charge in [0.1, 0.15) is 17.1 Å². The molecule has 1 saturated carbocycles. The van der Waals surface area contributed by atoms with Crippen molar-refractivity contribution in [2.45, 2.75) is 80.9 Å². The van der Waals surface area contributed by atoms with E-state index in [1.807, 2.05) is 0 Å². The number of amides is 1. The molecule has 2 saturated heterocycles. The number of benzene rings is 2. The Balaban J connectivity index is 1.49. The Bertz CT molecular complexity index is 1600. The standard InChI is InChI=1S/C29H29NO11/c1-12-16(31)4-5-19(39-12)41-28-7-6-27(38-3)10-18(33)40-29(27,28)25(36)22-14(24(28)35)8-13-9-17(32)21-15(20(13)23(22)34)11-30(2)26(21)37/h8-9,12,16,19,31-32,34H,4-7,10-11H2,1-3H3. The number of aliphatic hydroxyl groups is 1. The lowest BCUT2D eigenvalue weighted by atomic mass is 9.64. The van der Waals surface area contributed by atoms with Crippen LogP contribution in [0.5, 0.6) is 11.5 Å². The number of carbonyl (C=O) groups is 4. The topological polar surface area (TPSA) is 169 Å². The molecule has 2 aromatic carbocycles. The number of nitrogens with zero attached hydrogens (tertiary/aromatic N) is 1. The summed E-state index contributed by atoms with van der Waals surface area (Å²) in [5.74, 6) is -3.62. The minimum absolute atomic E-state index is 0.00540. The predicted octanol–water partition coefficient (Wildman–Crippen LogP) is 1.72. The van der Waals surface area contributed by atoms with E-state index in [9.17, 15) is 34.5 Å². The third-order valence-electron chi connectivity index (χ3n) is 9.72. The van der Waals surface area contributed by atoms with Crippen molar-refractivity contribution in [1.29, 1.82) is 0 Å². The number of rotatable bonds is 3. The number of ketones is 2. The Morgan fingerprint density at radius 2 is 1.80 bits per heavy atom. The quantitative estimate of drug-likeness (QED) is 0.462. The van der Waals surface area contributed by atoms with Crippen LogP contribution in [-0.2, 0) is 30.3 Å². The average Bonchev–Trinajstić information content (AvgIpc) is 3.50. The molecule has 6 atom stereocenters. The van der Waals surface area contributed by atoms with Crippen molar-refractivity contribution < 1.29 is 53.4 Å². The van der Waals surface area contributed by atoms with Crippen molar-refractivity contribution in [3.8, 4) is 11.5 Å². The molecule has 2 aromatic rings. The van der Waals surface area contributed by atoms with Crippen LogP contribution in [0.4, 0.5) is 0 Å². The Hall–Kier alpha value is -3.58. The van der Waals surface area contributed by atoms with Crippen molar-refractivity contribution in [3.05, 3.63) is 34.4 Å². The van der Waals surface area contributed by atoms with Gasteiger partial charge in [-0.2, -0.15) is 0 Å². The number of esters is 1. The summed E-state index contributed by atoms with van der Waals surface area (Å²) in [6.45, 7) is 1.73. The summed E-state index contributed by atoms with van der Waals surface area (Å²) in [6, 6.07) is 2.67. The molecule has 0 radical (unpaired) electrons. The van der Waals surface area contributed by atoms with E-state index in [0.29, 0.717) is 12.0 Å². The molecule has 216 valence electrons. The molecule has 3 fully saturated rings. The molecule has 3 heterocycles. The fourth-order valence-electron chi connectivity index (χ4n) is 7.72. The van der Waals surface area contributed by atoms with E-state index in [1.165, 1.54) is 24.1 Å². The lowest BCUT2D eigenvalue weighted by molar-refractivity contribution is -0.276. The highest BCUT2D eigenvalue weighted by Gasteiger charge is 2.84. The van der Waals surface area contributed by atoms with Crippen LogP contribution in [-0.4, -0.2) is 93.1 Å². The van der Waals surface area contributed by atoms with E-state index in [2.05, 4.69) is 0 Å². The predicted molar refractivity (Wildman–Crippen MR) is 138 cm³/mol. The van der Waals surface area contributed by atoms with Crippen molar-refractivity contribution in [3.63, 3.8) is 0 Å². The normalized spacial score (nSPS) is 35.9. The minimum Gasteiger partial charge on any atom is -0.507 e. The molecule has 3 aliphatic heterocycles. The Morgan fingerprint density at radius 3 is 2.51 bits per heavy atom. The van der Waals surface area contributed by atoms with Gasteiger partial charge in [0, 0.05) is 38.1 Å². The van der Waals surface area contributed by atoms with Gasteiger partial charge in [-0.15, -0.1) is 0 Å². The highest BCUT2D eigenvalue weighted by Crippen LogP contribution is 2.63. The molecule has 7 rings (SSSR count). The highest BCUT2D eigenvalue weighted by molar-refractivity contribution is 6.28. The Morgan fingerprint density at radius 1 is 1.05 bits per heavy atom. The first-order valence-electron chi connectivity index (χ1n) is 13.6. The maximum atomic E-state index is 14.7. The molecule has 12 nitrogen and oxygen atoms in total. The maximum Gasteiger partial charge on any atom is 0.310 e. The second kappa shape index (κ2) is 8.25. The molecule has 1 spiro atoms. The van der Waals surface area contributed by atoms with E-state index in [1.54, 1.807) is 14.0 Å². The number of aliphatic hydroxyl groups excluding tert-OH is 1. The fourth-order valence-corrected chi connectivity index (χ4v) is 7.72. The summed E-state index contributed by atoms with van der Waals surface area (Å²) in [7, 11) is 2.87. The molecular formula is C29H29NO11. The molecule has 6 unspecified atom stereocenters. The van der Waals surface area contributed by atoms with Crippen molar-refractivity contribution in [2.75, 3.05) is 14.2 Å². The molecular weight excluding hydrogens is 538 g/mol. The van der Waals surface area contributed by atoms with Gasteiger partial charge in [-0.25, -0.2) is 0 Å². The van der Waals surface area contributed by atoms with Gasteiger partial charge in [0.15, 0.2) is 17.7 Å². The summed E-state index contributed by atoms with van der Waals surface area (Å²) >= 11 is 0. The third-order valence-corrected chi connectivity index (χ3v) is 9.72. The zero-order chi connectivity index (χ0) is 29.2. The highest BCUT2D eigenvalue weighted by atomic mass is 16.7. The maximum absolute atomic E-state index is 14.7. The first-order valence-corrected chi connectivity index (χ1v) is 13.6. The van der Waals surface area contributed by atoms with Crippen LogP contribution in [0.1, 0.15) is 75.7 Å². The van der Waals surface area contributed by atoms with E-state index in [4.69, 9.17) is 18.9 Å². The average molecular weight is 568 g/mol. The first-order chi connectivity index (χ1) is 19.4. The number of ether oxygens (including phenoxy) is 4. The van der Waals surface area contributed by atoms with Crippen molar-refractivity contribution in [1.82, 2.24) is 4.90 Å². The van der Waals surface area contributed by atoms with Crippen LogP contribution >= 0.6 is 0 Å². The smallest absolute Gasteiger partial charge is 0.310 e. The lowest BCUT2D eigenvalue weighted by Crippen LogP contribution is -2.72. The van der Waals surface area contributed by atoms with E-state index < -0.39 is 64.5 Å². The number of aromatic hydroxyl groups is 2. The number of phenols is 2. The molecule has 0 bridgehead atoms. The van der Waals surface area contributed by atoms with Gasteiger partial charge in [-0.05, 0) is 49.3 Å². The van der Waals surface area contributed by atoms with Gasteiger partial charge in [-0.1, -0.05) is 0 Å². The molecule has 12 heteroatoms. The van der Waals surface area contributed by atoms with Gasteiger partial charge in [0.25, 0.3) is 5.91 Å². The van der Waals surface area contributed by atoms with Crippen LogP contribution in [0, 0.1) is 0 Å². The fraction of sp³-hybridized carbons (Fsp3) is 0.517. The molecule has 2 aliphatic carbocycles. The number of hydrogen-bond donors (Lipinski definition) is 3. The summed E-state index contributed by atoms with van der Waals surface area (Å²) in [4.78, 5) is 56.3. The summed E-state index contributed by atoms with van der Waals surface area (Å²) in [6.07, 6.45) is -2.08. The number of Topliss-reactive ketones (excluding diaryl/α,β-unsaturated/α-hetero) is 2. The van der Waals surface area contributed by atoms with E-state index >= 15 is 0 Å². The number of fused-ring (bicyclic) bond motifs is 4. The summed E-state index contributed by atoms with van der Waals surface area (Å²) < 4.78 is 24.0. The minimum atomic E-state index is -2.25. The Labute approximate surface area is 233 Å². The second-order valence-electron chi connectivity index (χ2n) is 11.7. The van der Waals surface area contributed by atoms with Gasteiger partial charge in [-0.3, -0.25) is 19.2 Å². The first kappa shape index (κ1) is 26.3.